The van der Waals surface area contributed by atoms with Gasteiger partial charge in [-0.3, -0.25) is 4.79 Å². The lowest BCUT2D eigenvalue weighted by molar-refractivity contribution is 0.0666. The Bertz CT molecular complexity index is 537. The summed E-state index contributed by atoms with van der Waals surface area (Å²) in [6.07, 6.45) is 1.59. The Kier molecular flexibility index (Phi) is 5.21. The number of halogens is 1. The Morgan fingerprint density at radius 3 is 2.65 bits per heavy atom. The summed E-state index contributed by atoms with van der Waals surface area (Å²) in [4.78, 5) is 14.2. The molecule has 0 saturated heterocycles. The molecule has 1 aromatic carbocycles. The van der Waals surface area contributed by atoms with E-state index in [0.717, 1.165) is 5.76 Å². The van der Waals surface area contributed by atoms with Crippen molar-refractivity contribution in [3.63, 3.8) is 0 Å². The zero-order chi connectivity index (χ0) is 14.4. The van der Waals surface area contributed by atoms with Gasteiger partial charge in [-0.2, -0.15) is 0 Å². The molecule has 1 amide bonds. The lowest BCUT2D eigenvalue weighted by atomic mass is 10.2. The van der Waals surface area contributed by atoms with Crippen LogP contribution in [0.2, 0.25) is 5.02 Å². The number of nitrogens with zero attached hydrogens (tertiary/aromatic N) is 1. The Hall–Kier alpha value is -1.78. The van der Waals surface area contributed by atoms with Crippen molar-refractivity contribution in [1.29, 1.82) is 0 Å². The summed E-state index contributed by atoms with van der Waals surface area (Å²) < 4.78 is 10.3. The topological polar surface area (TPSA) is 42.7 Å². The molecule has 0 aliphatic rings. The van der Waals surface area contributed by atoms with Gasteiger partial charge in [-0.1, -0.05) is 11.6 Å². The molecule has 0 aliphatic carbocycles. The van der Waals surface area contributed by atoms with Gasteiger partial charge in [0.25, 0.3) is 5.91 Å². The van der Waals surface area contributed by atoms with E-state index in [1.54, 1.807) is 48.6 Å². The van der Waals surface area contributed by atoms with Gasteiger partial charge in [0.05, 0.1) is 19.4 Å². The van der Waals surface area contributed by atoms with E-state index < -0.39 is 0 Å². The fourth-order valence-corrected chi connectivity index (χ4v) is 1.95. The van der Waals surface area contributed by atoms with Crippen molar-refractivity contribution >= 4 is 17.5 Å². The molecule has 0 aliphatic heterocycles. The zero-order valence-electron chi connectivity index (χ0n) is 11.2. The van der Waals surface area contributed by atoms with Gasteiger partial charge in [0.2, 0.25) is 0 Å². The average Bonchev–Trinajstić information content (AvgIpc) is 2.96. The molecule has 0 fully saturated rings. The first-order valence-electron chi connectivity index (χ1n) is 6.27. The molecular weight excluding hydrogens is 278 g/mol. The van der Waals surface area contributed by atoms with Crippen molar-refractivity contribution in [1.82, 2.24) is 4.90 Å². The molecule has 0 saturated carbocycles. The van der Waals surface area contributed by atoms with Crippen molar-refractivity contribution in [2.75, 3.05) is 20.3 Å². The number of methoxy groups -OCH3 is 1. The van der Waals surface area contributed by atoms with Crippen LogP contribution in [-0.4, -0.2) is 31.1 Å². The SMILES string of the molecule is COCCN(Cc1ccco1)C(=O)c1ccc(Cl)cc1. The van der Waals surface area contributed by atoms with Crippen LogP contribution in [0.5, 0.6) is 0 Å². The summed E-state index contributed by atoms with van der Waals surface area (Å²) in [5.74, 6) is 0.665. The van der Waals surface area contributed by atoms with E-state index in [0.29, 0.717) is 30.3 Å². The number of hydrogen-bond donors (Lipinski definition) is 0. The molecule has 20 heavy (non-hydrogen) atoms. The Morgan fingerprint density at radius 1 is 1.30 bits per heavy atom. The second kappa shape index (κ2) is 7.12. The van der Waals surface area contributed by atoms with Gasteiger partial charge in [0, 0.05) is 24.2 Å². The van der Waals surface area contributed by atoms with E-state index in [2.05, 4.69) is 0 Å². The van der Waals surface area contributed by atoms with Crippen molar-refractivity contribution in [2.24, 2.45) is 0 Å². The summed E-state index contributed by atoms with van der Waals surface area (Å²) in [5.41, 5.74) is 0.594. The first kappa shape index (κ1) is 14.6. The highest BCUT2D eigenvalue weighted by Crippen LogP contribution is 2.14. The summed E-state index contributed by atoms with van der Waals surface area (Å²) in [5, 5.41) is 0.607. The fourth-order valence-electron chi connectivity index (χ4n) is 1.82. The van der Waals surface area contributed by atoms with Crippen LogP contribution in [0.25, 0.3) is 0 Å². The van der Waals surface area contributed by atoms with E-state index in [1.807, 2.05) is 6.07 Å². The summed E-state index contributed by atoms with van der Waals surface area (Å²) in [6.45, 7) is 1.39. The highest BCUT2D eigenvalue weighted by atomic mass is 35.5. The third kappa shape index (κ3) is 3.85. The van der Waals surface area contributed by atoms with Gasteiger partial charge in [-0.05, 0) is 36.4 Å². The normalized spacial score (nSPS) is 10.5. The number of carbonyl (C=O) groups excluding carboxylic acids is 1. The standard InChI is InChI=1S/C15H16ClNO3/c1-19-10-8-17(11-14-3-2-9-20-14)15(18)12-4-6-13(16)7-5-12/h2-7,9H,8,10-11H2,1H3. The number of rotatable bonds is 6. The van der Waals surface area contributed by atoms with Crippen LogP contribution in [0.3, 0.4) is 0 Å². The largest absolute Gasteiger partial charge is 0.467 e. The molecule has 2 rings (SSSR count). The molecular formula is C15H16ClNO3. The highest BCUT2D eigenvalue weighted by Gasteiger charge is 2.17. The smallest absolute Gasteiger partial charge is 0.254 e. The summed E-state index contributed by atoms with van der Waals surface area (Å²) in [6, 6.07) is 10.5. The maximum atomic E-state index is 12.5. The number of amides is 1. The zero-order valence-corrected chi connectivity index (χ0v) is 12.0. The number of benzene rings is 1. The van der Waals surface area contributed by atoms with E-state index in [-0.39, 0.29) is 5.91 Å². The molecule has 106 valence electrons. The molecule has 0 atom stereocenters. The third-order valence-electron chi connectivity index (χ3n) is 2.87. The van der Waals surface area contributed by atoms with E-state index in [4.69, 9.17) is 20.8 Å². The predicted molar refractivity (Wildman–Crippen MR) is 76.8 cm³/mol. The van der Waals surface area contributed by atoms with Crippen LogP contribution in [-0.2, 0) is 11.3 Å². The second-order valence-corrected chi connectivity index (χ2v) is 4.74. The number of furan rings is 1. The summed E-state index contributed by atoms with van der Waals surface area (Å²) >= 11 is 5.83. The van der Waals surface area contributed by atoms with Crippen molar-refractivity contribution in [2.45, 2.75) is 6.54 Å². The number of carbonyl (C=O) groups is 1. The van der Waals surface area contributed by atoms with Crippen molar-refractivity contribution in [3.8, 4) is 0 Å². The monoisotopic (exact) mass is 293 g/mol. The third-order valence-corrected chi connectivity index (χ3v) is 3.12. The van der Waals surface area contributed by atoms with Crippen LogP contribution in [0.15, 0.2) is 47.1 Å². The van der Waals surface area contributed by atoms with Crippen LogP contribution in [0.1, 0.15) is 16.1 Å². The minimum Gasteiger partial charge on any atom is -0.467 e. The Labute approximate surface area is 122 Å². The highest BCUT2D eigenvalue weighted by molar-refractivity contribution is 6.30. The second-order valence-electron chi connectivity index (χ2n) is 4.31. The van der Waals surface area contributed by atoms with Gasteiger partial charge >= 0.3 is 0 Å². The van der Waals surface area contributed by atoms with Crippen LogP contribution < -0.4 is 0 Å². The van der Waals surface area contributed by atoms with Gasteiger partial charge in [-0.25, -0.2) is 0 Å². The average molecular weight is 294 g/mol. The van der Waals surface area contributed by atoms with Gasteiger partial charge in [0.1, 0.15) is 5.76 Å². The molecule has 4 nitrogen and oxygen atoms in total. The lowest BCUT2D eigenvalue weighted by Gasteiger charge is -2.21. The van der Waals surface area contributed by atoms with Crippen LogP contribution in [0, 0.1) is 0 Å². The van der Waals surface area contributed by atoms with Crippen LogP contribution >= 0.6 is 11.6 Å². The van der Waals surface area contributed by atoms with Crippen LogP contribution in [0.4, 0.5) is 0 Å². The van der Waals surface area contributed by atoms with Gasteiger partial charge in [0.15, 0.2) is 0 Å². The molecule has 0 unspecified atom stereocenters. The van der Waals surface area contributed by atoms with Gasteiger partial charge in [-0.15, -0.1) is 0 Å². The molecule has 2 aromatic rings. The number of ether oxygens (including phenoxy) is 1. The predicted octanol–water partition coefficient (Wildman–Crippen LogP) is 3.22. The Morgan fingerprint density at radius 2 is 2.05 bits per heavy atom. The molecule has 1 heterocycles. The first-order chi connectivity index (χ1) is 9.70. The first-order valence-corrected chi connectivity index (χ1v) is 6.64. The fraction of sp³-hybridized carbons (Fsp3) is 0.267. The van der Waals surface area contributed by atoms with E-state index >= 15 is 0 Å². The number of hydrogen-bond acceptors (Lipinski definition) is 3. The maximum Gasteiger partial charge on any atom is 0.254 e. The summed E-state index contributed by atoms with van der Waals surface area (Å²) in [7, 11) is 1.61. The van der Waals surface area contributed by atoms with E-state index in [9.17, 15) is 4.79 Å². The molecule has 1 aromatic heterocycles. The molecule has 0 bridgehead atoms. The van der Waals surface area contributed by atoms with Crippen molar-refractivity contribution in [3.05, 3.63) is 59.0 Å². The lowest BCUT2D eigenvalue weighted by Crippen LogP contribution is -2.33. The maximum absolute atomic E-state index is 12.5. The van der Waals surface area contributed by atoms with E-state index in [1.165, 1.54) is 0 Å². The van der Waals surface area contributed by atoms with Crippen molar-refractivity contribution < 1.29 is 13.9 Å². The van der Waals surface area contributed by atoms with Gasteiger partial charge < -0.3 is 14.1 Å². The quantitative estimate of drug-likeness (QED) is 0.821. The Balaban J connectivity index is 2.12. The molecule has 0 N–H and O–H groups in total. The molecule has 5 heteroatoms. The minimum atomic E-state index is -0.0740. The molecule has 0 radical (unpaired) electrons. The molecule has 0 spiro atoms. The minimum absolute atomic E-state index is 0.0740.